The van der Waals surface area contributed by atoms with Gasteiger partial charge in [-0.25, -0.2) is 14.4 Å². The first-order chi connectivity index (χ1) is 14.2. The van der Waals surface area contributed by atoms with Gasteiger partial charge in [0.25, 0.3) is 0 Å². The Morgan fingerprint density at radius 3 is 2.59 bits per heavy atom. The van der Waals surface area contributed by atoms with Crippen molar-refractivity contribution < 1.29 is 9.50 Å². The Balaban J connectivity index is 1.67. The number of benzene rings is 2. The van der Waals surface area contributed by atoms with Gasteiger partial charge in [0.05, 0.1) is 17.7 Å². The van der Waals surface area contributed by atoms with Crippen molar-refractivity contribution in [3.05, 3.63) is 84.4 Å². The predicted molar refractivity (Wildman–Crippen MR) is 110 cm³/mol. The smallest absolute Gasteiger partial charge is 0.163 e. The van der Waals surface area contributed by atoms with Crippen LogP contribution in [0.25, 0.3) is 22.3 Å². The molecule has 0 spiro atoms. The lowest BCUT2D eigenvalue weighted by Gasteiger charge is -2.27. The molecule has 1 saturated heterocycles. The standard InChI is InChI=1S/C23H19FN4O/c24-17-9-7-15(8-10-17)21-12-18(29)14-28(21)23-19-5-1-2-6-20(19)26-22(27-23)16-4-3-11-25-13-16/h1-11,13,18,21,29H,12,14H2/t18-,21-/m1/s1. The summed E-state index contributed by atoms with van der Waals surface area (Å²) in [7, 11) is 0. The second-order valence-electron chi connectivity index (χ2n) is 7.24. The highest BCUT2D eigenvalue weighted by Gasteiger charge is 2.34. The Kier molecular flexibility index (Phi) is 4.41. The van der Waals surface area contributed by atoms with Crippen LogP contribution in [0.5, 0.6) is 0 Å². The number of hydrogen-bond donors (Lipinski definition) is 1. The Hall–Kier alpha value is -3.38. The van der Waals surface area contributed by atoms with E-state index < -0.39 is 6.10 Å². The SMILES string of the molecule is O[C@@H]1C[C@H](c2ccc(F)cc2)N(c2nc(-c3cccnc3)nc3ccccc23)C1. The highest BCUT2D eigenvalue weighted by Crippen LogP contribution is 2.39. The van der Waals surface area contributed by atoms with Gasteiger partial charge in [-0.05, 0) is 48.4 Å². The molecule has 0 aliphatic carbocycles. The molecule has 4 aromatic rings. The van der Waals surface area contributed by atoms with E-state index in [9.17, 15) is 9.50 Å². The van der Waals surface area contributed by atoms with E-state index in [2.05, 4.69) is 9.88 Å². The fourth-order valence-electron chi connectivity index (χ4n) is 3.95. The number of nitrogens with zero attached hydrogens (tertiary/aromatic N) is 4. The number of rotatable bonds is 3. The second-order valence-corrected chi connectivity index (χ2v) is 7.24. The Morgan fingerprint density at radius 2 is 1.79 bits per heavy atom. The third kappa shape index (κ3) is 3.32. The van der Waals surface area contributed by atoms with E-state index in [0.717, 1.165) is 27.8 Å². The van der Waals surface area contributed by atoms with Crippen LogP contribution in [0.4, 0.5) is 10.2 Å². The molecule has 5 rings (SSSR count). The van der Waals surface area contributed by atoms with Crippen LogP contribution >= 0.6 is 0 Å². The van der Waals surface area contributed by atoms with Crippen LogP contribution in [0.2, 0.25) is 0 Å². The van der Waals surface area contributed by atoms with E-state index in [0.29, 0.717) is 18.8 Å². The van der Waals surface area contributed by atoms with E-state index in [1.807, 2.05) is 36.4 Å². The molecule has 1 N–H and O–H groups in total. The first kappa shape index (κ1) is 17.7. The number of aromatic nitrogens is 3. The van der Waals surface area contributed by atoms with Crippen LogP contribution in [0.1, 0.15) is 18.0 Å². The number of anilines is 1. The molecule has 144 valence electrons. The molecule has 2 aromatic heterocycles. The number of fused-ring (bicyclic) bond motifs is 1. The zero-order valence-electron chi connectivity index (χ0n) is 15.6. The summed E-state index contributed by atoms with van der Waals surface area (Å²) in [6.45, 7) is 0.454. The second kappa shape index (κ2) is 7.22. The van der Waals surface area contributed by atoms with Gasteiger partial charge in [-0.1, -0.05) is 24.3 Å². The summed E-state index contributed by atoms with van der Waals surface area (Å²) >= 11 is 0. The topological polar surface area (TPSA) is 62.1 Å². The van der Waals surface area contributed by atoms with Gasteiger partial charge in [-0.2, -0.15) is 0 Å². The molecule has 0 amide bonds. The van der Waals surface area contributed by atoms with E-state index in [4.69, 9.17) is 9.97 Å². The molecule has 0 radical (unpaired) electrons. The maximum absolute atomic E-state index is 13.4. The van der Waals surface area contributed by atoms with Gasteiger partial charge in [0, 0.05) is 29.9 Å². The molecule has 3 heterocycles. The molecule has 0 saturated carbocycles. The van der Waals surface area contributed by atoms with Crippen molar-refractivity contribution in [3.63, 3.8) is 0 Å². The summed E-state index contributed by atoms with van der Waals surface area (Å²) in [5.41, 5.74) is 2.61. The van der Waals surface area contributed by atoms with Crippen molar-refractivity contribution in [2.75, 3.05) is 11.4 Å². The lowest BCUT2D eigenvalue weighted by atomic mass is 10.0. The Morgan fingerprint density at radius 1 is 0.966 bits per heavy atom. The fraction of sp³-hybridized carbons (Fsp3) is 0.174. The number of pyridine rings is 1. The van der Waals surface area contributed by atoms with Gasteiger partial charge in [0.1, 0.15) is 11.6 Å². The normalized spacial score (nSPS) is 19.0. The molecule has 2 aromatic carbocycles. The van der Waals surface area contributed by atoms with Crippen molar-refractivity contribution in [2.24, 2.45) is 0 Å². The van der Waals surface area contributed by atoms with Gasteiger partial charge < -0.3 is 10.0 Å². The van der Waals surface area contributed by atoms with Gasteiger partial charge >= 0.3 is 0 Å². The average Bonchev–Trinajstić information content (AvgIpc) is 3.15. The number of aliphatic hydroxyl groups excluding tert-OH is 1. The maximum Gasteiger partial charge on any atom is 0.163 e. The lowest BCUT2D eigenvalue weighted by Crippen LogP contribution is -2.26. The number of halogens is 1. The van der Waals surface area contributed by atoms with Crippen LogP contribution in [-0.4, -0.2) is 32.7 Å². The minimum Gasteiger partial charge on any atom is -0.391 e. The highest BCUT2D eigenvalue weighted by molar-refractivity contribution is 5.91. The van der Waals surface area contributed by atoms with Crippen molar-refractivity contribution in [1.29, 1.82) is 0 Å². The third-order valence-electron chi connectivity index (χ3n) is 5.31. The molecule has 6 heteroatoms. The molecule has 1 fully saturated rings. The minimum absolute atomic E-state index is 0.0920. The Bertz CT molecular complexity index is 1150. The molecule has 0 unspecified atom stereocenters. The molecular formula is C23H19FN4O. The summed E-state index contributed by atoms with van der Waals surface area (Å²) in [4.78, 5) is 15.9. The van der Waals surface area contributed by atoms with E-state index in [1.54, 1.807) is 24.5 Å². The number of aliphatic hydroxyl groups is 1. The zero-order valence-corrected chi connectivity index (χ0v) is 15.6. The van der Waals surface area contributed by atoms with Gasteiger partial charge in [0.2, 0.25) is 0 Å². The van der Waals surface area contributed by atoms with Crippen molar-refractivity contribution in [1.82, 2.24) is 15.0 Å². The summed E-state index contributed by atoms with van der Waals surface area (Å²) in [5, 5.41) is 11.4. The summed E-state index contributed by atoms with van der Waals surface area (Å²) < 4.78 is 13.4. The van der Waals surface area contributed by atoms with E-state index >= 15 is 0 Å². The van der Waals surface area contributed by atoms with Gasteiger partial charge in [-0.3, -0.25) is 4.98 Å². The predicted octanol–water partition coefficient (Wildman–Crippen LogP) is 4.14. The highest BCUT2D eigenvalue weighted by atomic mass is 19.1. The van der Waals surface area contributed by atoms with Crippen LogP contribution in [0, 0.1) is 5.82 Å². The van der Waals surface area contributed by atoms with Crippen LogP contribution < -0.4 is 4.90 Å². The molecule has 29 heavy (non-hydrogen) atoms. The minimum atomic E-state index is -0.486. The Labute approximate surface area is 167 Å². The first-order valence-electron chi connectivity index (χ1n) is 9.56. The quantitative estimate of drug-likeness (QED) is 0.573. The maximum atomic E-state index is 13.4. The van der Waals surface area contributed by atoms with E-state index in [-0.39, 0.29) is 11.9 Å². The average molecular weight is 386 g/mol. The molecule has 5 nitrogen and oxygen atoms in total. The van der Waals surface area contributed by atoms with Crippen molar-refractivity contribution in [2.45, 2.75) is 18.6 Å². The molecule has 1 aliphatic heterocycles. The van der Waals surface area contributed by atoms with Gasteiger partial charge in [0.15, 0.2) is 5.82 Å². The fourth-order valence-corrected chi connectivity index (χ4v) is 3.95. The first-order valence-corrected chi connectivity index (χ1v) is 9.56. The monoisotopic (exact) mass is 386 g/mol. The molecule has 2 atom stereocenters. The van der Waals surface area contributed by atoms with Gasteiger partial charge in [-0.15, -0.1) is 0 Å². The van der Waals surface area contributed by atoms with Crippen LogP contribution in [0.15, 0.2) is 73.1 Å². The molecular weight excluding hydrogens is 367 g/mol. The van der Waals surface area contributed by atoms with E-state index in [1.165, 1.54) is 12.1 Å². The largest absolute Gasteiger partial charge is 0.391 e. The number of β-amino-alcohol motifs (C(OH)–C–C–N with tert-alkyl or cyclic N) is 1. The third-order valence-corrected chi connectivity index (χ3v) is 5.31. The van der Waals surface area contributed by atoms with Crippen molar-refractivity contribution >= 4 is 16.7 Å². The summed E-state index contributed by atoms with van der Waals surface area (Å²) in [6.07, 6.45) is 3.53. The lowest BCUT2D eigenvalue weighted by molar-refractivity contribution is 0.194. The summed E-state index contributed by atoms with van der Waals surface area (Å²) in [6, 6.07) is 18.0. The van der Waals surface area contributed by atoms with Crippen molar-refractivity contribution in [3.8, 4) is 11.4 Å². The summed E-state index contributed by atoms with van der Waals surface area (Å²) in [5.74, 6) is 1.08. The van der Waals surface area contributed by atoms with Crippen LogP contribution in [-0.2, 0) is 0 Å². The van der Waals surface area contributed by atoms with Crippen LogP contribution in [0.3, 0.4) is 0 Å². The zero-order chi connectivity index (χ0) is 19.8. The number of para-hydroxylation sites is 1. The molecule has 0 bridgehead atoms. The molecule has 1 aliphatic rings. The number of hydrogen-bond acceptors (Lipinski definition) is 5.